The zero-order valence-corrected chi connectivity index (χ0v) is 21.1. The Hall–Kier alpha value is -2.28. The number of nitrogens with zero attached hydrogens (tertiary/aromatic N) is 2. The first-order chi connectivity index (χ1) is 14.9. The summed E-state index contributed by atoms with van der Waals surface area (Å²) in [7, 11) is 0. The van der Waals surface area contributed by atoms with Crippen molar-refractivity contribution >= 4 is 40.6 Å². The fourth-order valence-corrected chi connectivity index (χ4v) is 5.97. The molecule has 2 aliphatic heterocycles. The Bertz CT molecular complexity index is 982. The molecular formula is C25H34N2O4S. The predicted octanol–water partition coefficient (Wildman–Crippen LogP) is 5.48. The van der Waals surface area contributed by atoms with E-state index in [9.17, 15) is 14.4 Å². The zero-order chi connectivity index (χ0) is 24.0. The van der Waals surface area contributed by atoms with Crippen LogP contribution in [0.15, 0.2) is 17.0 Å². The number of amides is 2. The number of anilines is 1. The molecular weight excluding hydrogens is 424 g/mol. The fraction of sp³-hybridized carbons (Fsp3) is 0.560. The van der Waals surface area contributed by atoms with Crippen LogP contribution in [0.3, 0.4) is 0 Å². The molecule has 2 aliphatic rings. The fourth-order valence-electron chi connectivity index (χ4n) is 5.07. The maximum atomic E-state index is 13.0. The van der Waals surface area contributed by atoms with Gasteiger partial charge >= 0.3 is 5.97 Å². The van der Waals surface area contributed by atoms with Gasteiger partial charge in [0.05, 0.1) is 11.5 Å². The first-order valence-corrected chi connectivity index (χ1v) is 12.1. The molecule has 0 unspecified atom stereocenters. The zero-order valence-electron chi connectivity index (χ0n) is 20.3. The average Bonchev–Trinajstić information content (AvgIpc) is 2.94. The molecule has 7 heteroatoms. The van der Waals surface area contributed by atoms with Gasteiger partial charge in [0.2, 0.25) is 0 Å². The van der Waals surface area contributed by atoms with Crippen LogP contribution in [0.2, 0.25) is 0 Å². The van der Waals surface area contributed by atoms with Crippen molar-refractivity contribution in [2.75, 3.05) is 11.5 Å². The van der Waals surface area contributed by atoms with E-state index in [2.05, 4.69) is 51.7 Å². The third kappa shape index (κ3) is 4.32. The van der Waals surface area contributed by atoms with Crippen molar-refractivity contribution in [2.45, 2.75) is 85.4 Å². The molecule has 0 bridgehead atoms. The number of thioether (sulfide) groups is 1. The monoisotopic (exact) mass is 458 g/mol. The van der Waals surface area contributed by atoms with Crippen molar-refractivity contribution in [3.63, 3.8) is 0 Å². The summed E-state index contributed by atoms with van der Waals surface area (Å²) in [4.78, 5) is 41.3. The van der Waals surface area contributed by atoms with Crippen molar-refractivity contribution in [3.05, 3.63) is 33.7 Å². The molecule has 1 aromatic rings. The normalized spacial score (nSPS) is 22.5. The Balaban J connectivity index is 1.99. The average molecular weight is 459 g/mol. The molecule has 0 radical (unpaired) electrons. The second-order valence-electron chi connectivity index (χ2n) is 9.63. The Labute approximate surface area is 195 Å². The topological polar surface area (TPSA) is 66.9 Å². The first-order valence-electron chi connectivity index (χ1n) is 11.3. The second-order valence-corrected chi connectivity index (χ2v) is 10.6. The minimum atomic E-state index is -0.945. The molecule has 1 fully saturated rings. The number of hydrogen-bond donors (Lipinski definition) is 0. The van der Waals surface area contributed by atoms with Gasteiger partial charge in [-0.25, -0.2) is 4.79 Å². The lowest BCUT2D eigenvalue weighted by Crippen LogP contribution is -2.51. The van der Waals surface area contributed by atoms with E-state index in [-0.39, 0.29) is 12.1 Å². The molecule has 2 heterocycles. The van der Waals surface area contributed by atoms with Gasteiger partial charge in [-0.2, -0.15) is 0 Å². The number of benzene rings is 1. The van der Waals surface area contributed by atoms with Crippen molar-refractivity contribution in [1.29, 1.82) is 0 Å². The number of rotatable bonds is 5. The second kappa shape index (κ2) is 8.93. The molecule has 2 atom stereocenters. The minimum Gasteiger partial charge on any atom is -0.464 e. The van der Waals surface area contributed by atoms with Crippen LogP contribution in [0, 0.1) is 6.92 Å². The van der Waals surface area contributed by atoms with E-state index in [0.717, 1.165) is 34.2 Å². The summed E-state index contributed by atoms with van der Waals surface area (Å²) >= 11 is 0.873. The molecule has 0 spiro atoms. The van der Waals surface area contributed by atoms with Gasteiger partial charge in [0.25, 0.3) is 11.1 Å². The summed E-state index contributed by atoms with van der Waals surface area (Å²) in [5.74, 6) is -0.650. The highest BCUT2D eigenvalue weighted by atomic mass is 32.2. The van der Waals surface area contributed by atoms with E-state index < -0.39 is 23.2 Å². The minimum absolute atomic E-state index is 0.0560. The molecule has 1 saturated heterocycles. The highest BCUT2D eigenvalue weighted by Crippen LogP contribution is 2.46. The SMILES string of the molecule is CCOC(=O)[C@H](C)N1C(=O)S/C(=C/c2cc3c(cc2C)N(C(C)C)C(C)(C)C[C@H]3C)C1=O. The molecule has 6 nitrogen and oxygen atoms in total. The molecule has 0 N–H and O–H groups in total. The van der Waals surface area contributed by atoms with Crippen LogP contribution in [0.5, 0.6) is 0 Å². The van der Waals surface area contributed by atoms with E-state index in [1.54, 1.807) is 13.0 Å². The summed E-state index contributed by atoms with van der Waals surface area (Å²) in [5, 5.41) is -0.446. The molecule has 174 valence electrons. The Morgan fingerprint density at radius 3 is 2.53 bits per heavy atom. The number of carbonyl (C=O) groups is 3. The predicted molar refractivity (Wildman–Crippen MR) is 130 cm³/mol. The maximum absolute atomic E-state index is 13.0. The van der Waals surface area contributed by atoms with E-state index in [1.807, 2.05) is 6.92 Å². The van der Waals surface area contributed by atoms with Crippen LogP contribution in [0.25, 0.3) is 6.08 Å². The lowest BCUT2D eigenvalue weighted by molar-refractivity contribution is -0.150. The van der Waals surface area contributed by atoms with Gasteiger partial charge in [-0.15, -0.1) is 0 Å². The standard InChI is InChI=1S/C25H34N2O4S/c1-9-31-23(29)17(6)26-22(28)21(32-24(26)30)12-18-11-19-16(5)13-25(7,8)27(14(2)3)20(19)10-15(18)4/h10-12,14,16-17H,9,13H2,1-8H3/b21-12+/t16-,17+/m1/s1. The number of hydrogen-bond acceptors (Lipinski definition) is 6. The van der Waals surface area contributed by atoms with Gasteiger partial charge in [-0.3, -0.25) is 14.5 Å². The first kappa shape index (κ1) is 24.4. The summed E-state index contributed by atoms with van der Waals surface area (Å²) in [6.45, 7) is 16.7. The highest BCUT2D eigenvalue weighted by molar-refractivity contribution is 8.18. The Morgan fingerprint density at radius 2 is 1.94 bits per heavy atom. The van der Waals surface area contributed by atoms with Crippen molar-refractivity contribution in [3.8, 4) is 0 Å². The number of imide groups is 1. The third-order valence-corrected chi connectivity index (χ3v) is 7.19. The number of fused-ring (bicyclic) bond motifs is 1. The third-order valence-electron chi connectivity index (χ3n) is 6.31. The van der Waals surface area contributed by atoms with Gasteiger partial charge in [0, 0.05) is 17.3 Å². The largest absolute Gasteiger partial charge is 0.464 e. The van der Waals surface area contributed by atoms with Crippen molar-refractivity contribution in [1.82, 2.24) is 4.90 Å². The van der Waals surface area contributed by atoms with Crippen molar-refractivity contribution < 1.29 is 19.1 Å². The van der Waals surface area contributed by atoms with E-state index in [1.165, 1.54) is 18.2 Å². The van der Waals surface area contributed by atoms with Gasteiger partial charge in [-0.05, 0) is 107 Å². The summed E-state index contributed by atoms with van der Waals surface area (Å²) in [5.41, 5.74) is 4.52. The lowest BCUT2D eigenvalue weighted by atomic mass is 9.78. The molecule has 2 amide bonds. The molecule has 3 rings (SSSR count). The Morgan fingerprint density at radius 1 is 1.28 bits per heavy atom. The number of aryl methyl sites for hydroxylation is 1. The van der Waals surface area contributed by atoms with Crippen LogP contribution in [0.1, 0.15) is 77.5 Å². The molecule has 0 saturated carbocycles. The molecule has 1 aromatic carbocycles. The highest BCUT2D eigenvalue weighted by Gasteiger charge is 2.42. The van der Waals surface area contributed by atoms with E-state index in [4.69, 9.17) is 4.74 Å². The van der Waals surface area contributed by atoms with Gasteiger partial charge in [0.1, 0.15) is 6.04 Å². The van der Waals surface area contributed by atoms with Gasteiger partial charge < -0.3 is 9.64 Å². The van der Waals surface area contributed by atoms with Crippen LogP contribution >= 0.6 is 11.8 Å². The maximum Gasteiger partial charge on any atom is 0.329 e. The lowest BCUT2D eigenvalue weighted by Gasteiger charge is -2.50. The summed E-state index contributed by atoms with van der Waals surface area (Å²) in [6, 6.07) is 3.77. The number of ether oxygens (including phenoxy) is 1. The number of esters is 1. The van der Waals surface area contributed by atoms with E-state index in [0.29, 0.717) is 16.9 Å². The Kier molecular flexibility index (Phi) is 6.80. The van der Waals surface area contributed by atoms with Crippen LogP contribution < -0.4 is 4.90 Å². The van der Waals surface area contributed by atoms with Gasteiger partial charge in [0.15, 0.2) is 0 Å². The van der Waals surface area contributed by atoms with Crippen LogP contribution in [-0.2, 0) is 14.3 Å². The van der Waals surface area contributed by atoms with Crippen molar-refractivity contribution in [2.24, 2.45) is 0 Å². The van der Waals surface area contributed by atoms with Crippen LogP contribution in [-0.4, -0.2) is 46.2 Å². The quantitative estimate of drug-likeness (QED) is 0.430. The molecule has 0 aliphatic carbocycles. The van der Waals surface area contributed by atoms with Crippen LogP contribution in [0.4, 0.5) is 10.5 Å². The smallest absolute Gasteiger partial charge is 0.329 e. The molecule has 32 heavy (non-hydrogen) atoms. The van der Waals surface area contributed by atoms with E-state index >= 15 is 0 Å². The summed E-state index contributed by atoms with van der Waals surface area (Å²) < 4.78 is 4.99. The summed E-state index contributed by atoms with van der Waals surface area (Å²) in [6.07, 6.45) is 2.82. The number of carbonyl (C=O) groups excluding carboxylic acids is 3. The molecule has 0 aromatic heterocycles. The van der Waals surface area contributed by atoms with Gasteiger partial charge in [-0.1, -0.05) is 6.92 Å².